The first kappa shape index (κ1) is 21.3. The average Bonchev–Trinajstić information content (AvgIpc) is 3.30. The van der Waals surface area contributed by atoms with Crippen LogP contribution in [0.2, 0.25) is 0 Å². The van der Waals surface area contributed by atoms with Crippen LogP contribution < -0.4 is 5.32 Å². The molecule has 0 aromatic carbocycles. The number of guanidine groups is 1. The lowest BCUT2D eigenvalue weighted by atomic mass is 10.1. The first-order valence-electron chi connectivity index (χ1n) is 10.4. The number of nitrogens with zero attached hydrogens (tertiary/aromatic N) is 5. The zero-order valence-electron chi connectivity index (χ0n) is 17.5. The third-order valence-corrected chi connectivity index (χ3v) is 4.88. The highest BCUT2D eigenvalue weighted by molar-refractivity contribution is 5.80. The van der Waals surface area contributed by atoms with E-state index in [1.165, 1.54) is 0 Å². The van der Waals surface area contributed by atoms with Gasteiger partial charge in [-0.05, 0) is 49.9 Å². The minimum Gasteiger partial charge on any atom is -0.385 e. The summed E-state index contributed by atoms with van der Waals surface area (Å²) in [5, 5.41) is 7.67. The van der Waals surface area contributed by atoms with Gasteiger partial charge in [-0.3, -0.25) is 0 Å². The van der Waals surface area contributed by atoms with Gasteiger partial charge in [-0.25, -0.2) is 14.7 Å². The third kappa shape index (κ3) is 6.54. The molecular formula is C21H32N6O2. The van der Waals surface area contributed by atoms with E-state index in [9.17, 15) is 0 Å². The molecule has 29 heavy (non-hydrogen) atoms. The molecule has 3 rings (SSSR count). The van der Waals surface area contributed by atoms with Crippen molar-refractivity contribution in [3.05, 3.63) is 42.4 Å². The fraction of sp³-hybridized carbons (Fsp3) is 0.571. The molecule has 1 aliphatic rings. The Labute approximate surface area is 172 Å². The van der Waals surface area contributed by atoms with Crippen molar-refractivity contribution in [1.29, 1.82) is 0 Å². The fourth-order valence-corrected chi connectivity index (χ4v) is 3.37. The second-order valence-corrected chi connectivity index (χ2v) is 7.05. The van der Waals surface area contributed by atoms with Gasteiger partial charge < -0.3 is 19.7 Å². The van der Waals surface area contributed by atoms with E-state index in [0.29, 0.717) is 12.6 Å². The Balaban J connectivity index is 1.55. The standard InChI is InChI=1S/C21H32N6O2/c1-3-22-21(26-12-7-19(8-13-26)29-15-5-14-28-2)24-17-18-6-10-23-20(16-18)27-11-4-9-25-27/h4,6,9-11,16,19H,3,5,7-8,12-15,17H2,1-2H3,(H,22,24). The number of pyridine rings is 1. The average molecular weight is 401 g/mol. The first-order chi connectivity index (χ1) is 14.3. The van der Waals surface area contributed by atoms with Crippen LogP contribution in [0.4, 0.5) is 0 Å². The number of nitrogens with one attached hydrogen (secondary N) is 1. The van der Waals surface area contributed by atoms with Gasteiger partial charge in [0.05, 0.1) is 12.6 Å². The highest BCUT2D eigenvalue weighted by Gasteiger charge is 2.21. The molecule has 1 N–H and O–H groups in total. The molecule has 0 saturated carbocycles. The summed E-state index contributed by atoms with van der Waals surface area (Å²) < 4.78 is 12.8. The van der Waals surface area contributed by atoms with Crippen LogP contribution in [0.3, 0.4) is 0 Å². The van der Waals surface area contributed by atoms with E-state index in [1.807, 2.05) is 24.4 Å². The minimum absolute atomic E-state index is 0.336. The number of likely N-dealkylation sites (tertiary alicyclic amines) is 1. The predicted molar refractivity (Wildman–Crippen MR) is 113 cm³/mol. The van der Waals surface area contributed by atoms with Crippen molar-refractivity contribution in [3.63, 3.8) is 0 Å². The largest absolute Gasteiger partial charge is 0.385 e. The van der Waals surface area contributed by atoms with Crippen LogP contribution in [0.5, 0.6) is 0 Å². The summed E-state index contributed by atoms with van der Waals surface area (Å²) in [7, 11) is 1.73. The van der Waals surface area contributed by atoms with Crippen molar-refractivity contribution in [2.45, 2.75) is 38.8 Å². The van der Waals surface area contributed by atoms with Crippen LogP contribution in [-0.4, -0.2) is 71.7 Å². The number of aliphatic imine (C=N–C) groups is 1. The summed E-state index contributed by atoms with van der Waals surface area (Å²) >= 11 is 0. The van der Waals surface area contributed by atoms with Gasteiger partial charge in [0.15, 0.2) is 11.8 Å². The number of aromatic nitrogens is 3. The minimum atomic E-state index is 0.336. The number of hydrogen-bond donors (Lipinski definition) is 1. The van der Waals surface area contributed by atoms with Crippen LogP contribution in [0.15, 0.2) is 41.8 Å². The van der Waals surface area contributed by atoms with Gasteiger partial charge in [0.25, 0.3) is 0 Å². The quantitative estimate of drug-likeness (QED) is 0.395. The maximum atomic E-state index is 5.97. The smallest absolute Gasteiger partial charge is 0.194 e. The van der Waals surface area contributed by atoms with E-state index >= 15 is 0 Å². The fourth-order valence-electron chi connectivity index (χ4n) is 3.37. The van der Waals surface area contributed by atoms with Crippen molar-refractivity contribution in [3.8, 4) is 5.82 Å². The molecule has 1 fully saturated rings. The Kier molecular flexibility index (Phi) is 8.45. The number of piperidine rings is 1. The van der Waals surface area contributed by atoms with Crippen molar-refractivity contribution in [2.75, 3.05) is 40.0 Å². The lowest BCUT2D eigenvalue weighted by Gasteiger charge is -2.34. The first-order valence-corrected chi connectivity index (χ1v) is 10.4. The Morgan fingerprint density at radius 3 is 2.86 bits per heavy atom. The molecule has 0 amide bonds. The summed E-state index contributed by atoms with van der Waals surface area (Å²) in [6.45, 7) is 6.99. The zero-order chi connectivity index (χ0) is 20.3. The number of methoxy groups -OCH3 is 1. The molecule has 8 nitrogen and oxygen atoms in total. The van der Waals surface area contributed by atoms with Crippen LogP contribution in [0.25, 0.3) is 5.82 Å². The maximum absolute atomic E-state index is 5.97. The van der Waals surface area contributed by atoms with Gasteiger partial charge in [-0.2, -0.15) is 5.10 Å². The molecule has 1 saturated heterocycles. The lowest BCUT2D eigenvalue weighted by Crippen LogP contribution is -2.47. The Morgan fingerprint density at radius 2 is 2.14 bits per heavy atom. The number of ether oxygens (including phenoxy) is 2. The third-order valence-electron chi connectivity index (χ3n) is 4.88. The number of rotatable bonds is 9. The zero-order valence-corrected chi connectivity index (χ0v) is 17.5. The molecule has 3 heterocycles. The van der Waals surface area contributed by atoms with E-state index in [1.54, 1.807) is 24.2 Å². The molecular weight excluding hydrogens is 368 g/mol. The Hall–Kier alpha value is -2.45. The molecule has 0 unspecified atom stereocenters. The summed E-state index contributed by atoms with van der Waals surface area (Å²) in [4.78, 5) is 11.6. The molecule has 0 atom stereocenters. The maximum Gasteiger partial charge on any atom is 0.194 e. The summed E-state index contributed by atoms with van der Waals surface area (Å²) in [5.41, 5.74) is 1.11. The van der Waals surface area contributed by atoms with Crippen molar-refractivity contribution in [2.24, 2.45) is 4.99 Å². The van der Waals surface area contributed by atoms with E-state index in [2.05, 4.69) is 27.2 Å². The van der Waals surface area contributed by atoms with Crippen molar-refractivity contribution >= 4 is 5.96 Å². The van der Waals surface area contributed by atoms with Crippen LogP contribution in [0.1, 0.15) is 31.7 Å². The van der Waals surface area contributed by atoms with Crippen molar-refractivity contribution in [1.82, 2.24) is 25.0 Å². The monoisotopic (exact) mass is 400 g/mol. The van der Waals surface area contributed by atoms with Gasteiger partial charge in [0.2, 0.25) is 0 Å². The topological polar surface area (TPSA) is 76.8 Å². The molecule has 0 radical (unpaired) electrons. The molecule has 1 aliphatic heterocycles. The summed E-state index contributed by atoms with van der Waals surface area (Å²) in [5.74, 6) is 1.77. The molecule has 158 valence electrons. The van der Waals surface area contributed by atoms with Gasteiger partial charge in [-0.15, -0.1) is 0 Å². The van der Waals surface area contributed by atoms with E-state index in [-0.39, 0.29) is 0 Å². The van der Waals surface area contributed by atoms with Crippen molar-refractivity contribution < 1.29 is 9.47 Å². The van der Waals surface area contributed by atoms with E-state index in [4.69, 9.17) is 14.5 Å². The van der Waals surface area contributed by atoms with E-state index < -0.39 is 0 Å². The highest BCUT2D eigenvalue weighted by atomic mass is 16.5. The molecule has 0 aliphatic carbocycles. The van der Waals surface area contributed by atoms with Crippen LogP contribution >= 0.6 is 0 Å². The van der Waals surface area contributed by atoms with Gasteiger partial charge in [-0.1, -0.05) is 0 Å². The van der Waals surface area contributed by atoms with Gasteiger partial charge in [0.1, 0.15) is 0 Å². The summed E-state index contributed by atoms with van der Waals surface area (Å²) in [6, 6.07) is 5.92. The molecule has 0 bridgehead atoms. The predicted octanol–water partition coefficient (Wildman–Crippen LogP) is 2.25. The molecule has 2 aromatic rings. The van der Waals surface area contributed by atoms with E-state index in [0.717, 1.165) is 69.5 Å². The molecule has 0 spiro atoms. The Morgan fingerprint density at radius 1 is 1.28 bits per heavy atom. The second-order valence-electron chi connectivity index (χ2n) is 7.05. The molecule has 2 aromatic heterocycles. The number of hydrogen-bond acceptors (Lipinski definition) is 5. The Bertz CT molecular complexity index is 741. The summed E-state index contributed by atoms with van der Waals surface area (Å²) in [6.07, 6.45) is 8.78. The van der Waals surface area contributed by atoms with Crippen LogP contribution in [-0.2, 0) is 16.0 Å². The van der Waals surface area contributed by atoms with Gasteiger partial charge >= 0.3 is 0 Å². The highest BCUT2D eigenvalue weighted by Crippen LogP contribution is 2.15. The lowest BCUT2D eigenvalue weighted by molar-refractivity contribution is 0.00990. The van der Waals surface area contributed by atoms with Gasteiger partial charge in [0, 0.05) is 58.5 Å². The normalized spacial score (nSPS) is 15.7. The SMILES string of the molecule is CCNC(=NCc1ccnc(-n2cccn2)c1)N1CCC(OCCCOC)CC1. The van der Waals surface area contributed by atoms with Crippen LogP contribution in [0, 0.1) is 0 Å². The molecule has 8 heteroatoms. The second kappa shape index (κ2) is 11.5.